The van der Waals surface area contributed by atoms with Crippen molar-refractivity contribution in [1.29, 1.82) is 0 Å². The van der Waals surface area contributed by atoms with Crippen LogP contribution in [0.3, 0.4) is 0 Å². The van der Waals surface area contributed by atoms with Crippen molar-refractivity contribution < 1.29 is 53.4 Å². The van der Waals surface area contributed by atoms with Crippen LogP contribution in [-0.2, 0) is 19.1 Å². The van der Waals surface area contributed by atoms with Crippen LogP contribution >= 0.6 is 12.4 Å². The fourth-order valence-electron chi connectivity index (χ4n) is 2.74. The highest BCUT2D eigenvalue weighted by molar-refractivity contribution is 5.91. The van der Waals surface area contributed by atoms with Gasteiger partial charge in [0.25, 0.3) is 5.92 Å². The number of carbonyl (C=O) groups excluding carboxylic acids is 2. The Labute approximate surface area is 182 Å². The SMILES string of the molecule is C[C@H](NC(=O)[C@H](C)NC(=O)C(N)CC(F)(F)[C@@H]1O[C@H](CO)[C@H](O)[C@H](O)[C@H]1O)C(=O)O.Cl. The first-order valence-corrected chi connectivity index (χ1v) is 9.00. The fourth-order valence-corrected chi connectivity index (χ4v) is 2.74. The predicted molar refractivity (Wildman–Crippen MR) is 101 cm³/mol. The smallest absolute Gasteiger partial charge is 0.325 e. The first-order valence-electron chi connectivity index (χ1n) is 9.00. The number of carboxylic acid groups (broad SMARTS) is 1. The van der Waals surface area contributed by atoms with Crippen molar-refractivity contribution in [2.75, 3.05) is 6.61 Å². The van der Waals surface area contributed by atoms with Crippen LogP contribution in [0.1, 0.15) is 20.3 Å². The number of aliphatic carboxylic acids is 1. The standard InChI is InChI=1S/C16H27F2N3O9.ClH/c1-5(13(26)21-6(2)15(28)29)20-14(27)7(19)3-16(17,18)12-11(25)10(24)9(23)8(4-22)30-12;/h5-12,22-25H,3-4,19H2,1-2H3,(H,20,27)(H,21,26)(H,28,29);1H/t5-,6-,7?,8+,9-,10-,11+,12+;/m0./s1. The maximum Gasteiger partial charge on any atom is 0.325 e. The van der Waals surface area contributed by atoms with E-state index in [1.807, 2.05) is 0 Å². The molecule has 1 fully saturated rings. The molecular formula is C16H28ClF2N3O9. The lowest BCUT2D eigenvalue weighted by molar-refractivity contribution is -0.281. The summed E-state index contributed by atoms with van der Waals surface area (Å²) in [6, 6.07) is -4.41. The monoisotopic (exact) mass is 479 g/mol. The molecule has 15 heteroatoms. The summed E-state index contributed by atoms with van der Waals surface area (Å²) < 4.78 is 33.9. The molecule has 1 aliphatic rings. The normalized spacial score (nSPS) is 29.1. The van der Waals surface area contributed by atoms with Crippen molar-refractivity contribution in [2.24, 2.45) is 5.73 Å². The molecule has 0 bridgehead atoms. The molecule has 1 aliphatic heterocycles. The summed E-state index contributed by atoms with van der Waals surface area (Å²) in [7, 11) is 0. The van der Waals surface area contributed by atoms with Crippen LogP contribution in [0.2, 0.25) is 0 Å². The van der Waals surface area contributed by atoms with Gasteiger partial charge < -0.3 is 46.6 Å². The molecule has 0 spiro atoms. The summed E-state index contributed by atoms with van der Waals surface area (Å²) >= 11 is 0. The van der Waals surface area contributed by atoms with Gasteiger partial charge in [0.1, 0.15) is 42.6 Å². The van der Waals surface area contributed by atoms with Gasteiger partial charge in [-0.3, -0.25) is 14.4 Å². The topological polar surface area (TPSA) is 212 Å². The Kier molecular flexibility index (Phi) is 11.2. The molecule has 0 aromatic rings. The number of alkyl halides is 2. The van der Waals surface area contributed by atoms with E-state index in [0.29, 0.717) is 0 Å². The molecule has 2 amide bonds. The number of aliphatic hydroxyl groups excluding tert-OH is 4. The second-order valence-electron chi connectivity index (χ2n) is 7.12. The van der Waals surface area contributed by atoms with E-state index in [1.54, 1.807) is 0 Å². The van der Waals surface area contributed by atoms with E-state index in [4.69, 9.17) is 20.7 Å². The lowest BCUT2D eigenvalue weighted by Crippen LogP contribution is -2.64. The third-order valence-corrected chi connectivity index (χ3v) is 4.62. The van der Waals surface area contributed by atoms with Gasteiger partial charge in [-0.05, 0) is 13.8 Å². The summed E-state index contributed by atoms with van der Waals surface area (Å²) in [5.74, 6) is -7.33. The minimum atomic E-state index is -3.96. The maximum atomic E-state index is 14.6. The van der Waals surface area contributed by atoms with Gasteiger partial charge in [-0.15, -0.1) is 12.4 Å². The van der Waals surface area contributed by atoms with Crippen LogP contribution in [0.5, 0.6) is 0 Å². The molecule has 182 valence electrons. The zero-order valence-corrected chi connectivity index (χ0v) is 17.5. The van der Waals surface area contributed by atoms with Crippen LogP contribution in [0.25, 0.3) is 0 Å². The first-order chi connectivity index (χ1) is 13.7. The van der Waals surface area contributed by atoms with Gasteiger partial charge in [-0.2, -0.15) is 0 Å². The summed E-state index contributed by atoms with van der Waals surface area (Å²) in [5.41, 5.74) is 5.47. The minimum Gasteiger partial charge on any atom is -0.480 e. The zero-order chi connectivity index (χ0) is 23.4. The van der Waals surface area contributed by atoms with Gasteiger partial charge in [0.15, 0.2) is 0 Å². The van der Waals surface area contributed by atoms with Gasteiger partial charge in [-0.25, -0.2) is 8.78 Å². The molecule has 0 aromatic carbocycles. The number of carboxylic acids is 1. The minimum absolute atomic E-state index is 0. The Morgan fingerprint density at radius 2 is 1.55 bits per heavy atom. The summed E-state index contributed by atoms with van der Waals surface area (Å²) in [6.45, 7) is 1.46. The fraction of sp³-hybridized carbons (Fsp3) is 0.812. The van der Waals surface area contributed by atoms with E-state index in [-0.39, 0.29) is 12.4 Å². The van der Waals surface area contributed by atoms with Crippen LogP contribution < -0.4 is 16.4 Å². The average Bonchev–Trinajstić information content (AvgIpc) is 2.65. The highest BCUT2D eigenvalue weighted by atomic mass is 35.5. The molecule has 1 unspecified atom stereocenters. The molecule has 0 radical (unpaired) electrons. The molecule has 1 rings (SSSR count). The van der Waals surface area contributed by atoms with Gasteiger partial charge in [0.05, 0.1) is 12.6 Å². The van der Waals surface area contributed by atoms with Crippen molar-refractivity contribution >= 4 is 30.2 Å². The molecule has 0 aromatic heterocycles. The molecule has 1 saturated heterocycles. The van der Waals surface area contributed by atoms with E-state index >= 15 is 0 Å². The van der Waals surface area contributed by atoms with Crippen LogP contribution in [0, 0.1) is 0 Å². The van der Waals surface area contributed by atoms with Gasteiger partial charge >= 0.3 is 5.97 Å². The molecular weight excluding hydrogens is 452 g/mol. The quantitative estimate of drug-likeness (QED) is 0.165. The number of hydrogen-bond acceptors (Lipinski definition) is 9. The molecule has 1 heterocycles. The lowest BCUT2D eigenvalue weighted by atomic mass is 9.89. The Morgan fingerprint density at radius 1 is 1.03 bits per heavy atom. The number of amides is 2. The lowest BCUT2D eigenvalue weighted by Gasteiger charge is -2.43. The summed E-state index contributed by atoms with van der Waals surface area (Å²) in [4.78, 5) is 34.6. The van der Waals surface area contributed by atoms with Gasteiger partial charge in [0.2, 0.25) is 11.8 Å². The van der Waals surface area contributed by atoms with Crippen LogP contribution in [0.15, 0.2) is 0 Å². The van der Waals surface area contributed by atoms with Crippen LogP contribution in [0.4, 0.5) is 8.78 Å². The number of hydrogen-bond donors (Lipinski definition) is 8. The third kappa shape index (κ3) is 7.45. The number of ether oxygens (including phenoxy) is 1. The number of nitrogens with two attached hydrogens (primary N) is 1. The third-order valence-electron chi connectivity index (χ3n) is 4.62. The second kappa shape index (κ2) is 11.8. The van der Waals surface area contributed by atoms with E-state index in [9.17, 15) is 38.5 Å². The van der Waals surface area contributed by atoms with Gasteiger partial charge in [-0.1, -0.05) is 0 Å². The van der Waals surface area contributed by atoms with Crippen molar-refractivity contribution in [3.63, 3.8) is 0 Å². The van der Waals surface area contributed by atoms with E-state index in [1.165, 1.54) is 13.8 Å². The van der Waals surface area contributed by atoms with E-state index in [2.05, 4.69) is 10.6 Å². The molecule has 12 nitrogen and oxygen atoms in total. The first kappa shape index (κ1) is 29.3. The van der Waals surface area contributed by atoms with Crippen LogP contribution in [-0.4, -0.2) is 104 Å². The number of carbonyl (C=O) groups is 3. The van der Waals surface area contributed by atoms with Gasteiger partial charge in [0, 0.05) is 6.42 Å². The Morgan fingerprint density at radius 3 is 2.03 bits per heavy atom. The second-order valence-corrected chi connectivity index (χ2v) is 7.12. The molecule has 31 heavy (non-hydrogen) atoms. The summed E-state index contributed by atoms with van der Waals surface area (Å²) in [5, 5.41) is 51.1. The molecule has 8 atom stereocenters. The Balaban J connectivity index is 0.00000900. The van der Waals surface area contributed by atoms with E-state index in [0.717, 1.165) is 0 Å². The molecule has 0 saturated carbocycles. The van der Waals surface area contributed by atoms with Crippen molar-refractivity contribution in [2.45, 2.75) is 74.8 Å². The van der Waals surface area contributed by atoms with E-state index < -0.39 is 85.4 Å². The predicted octanol–water partition coefficient (Wildman–Crippen LogP) is -3.30. The largest absolute Gasteiger partial charge is 0.480 e. The number of halogens is 3. The average molecular weight is 480 g/mol. The Hall–Kier alpha value is -1.68. The molecule has 9 N–H and O–H groups in total. The molecule has 0 aliphatic carbocycles. The highest BCUT2D eigenvalue weighted by Gasteiger charge is 2.55. The van der Waals surface area contributed by atoms with Crippen molar-refractivity contribution in [1.82, 2.24) is 10.6 Å². The number of nitrogens with one attached hydrogen (secondary N) is 2. The van der Waals surface area contributed by atoms with Crippen molar-refractivity contribution in [3.8, 4) is 0 Å². The zero-order valence-electron chi connectivity index (χ0n) is 16.6. The number of rotatable bonds is 9. The Bertz CT molecular complexity index is 643. The van der Waals surface area contributed by atoms with Crippen molar-refractivity contribution in [3.05, 3.63) is 0 Å². The maximum absolute atomic E-state index is 14.6. The summed E-state index contributed by atoms with van der Waals surface area (Å²) in [6.07, 6.45) is -11.4. The highest BCUT2D eigenvalue weighted by Crippen LogP contribution is 2.35. The number of aliphatic hydroxyl groups is 4.